The summed E-state index contributed by atoms with van der Waals surface area (Å²) in [5.74, 6) is 0. The summed E-state index contributed by atoms with van der Waals surface area (Å²) < 4.78 is 0. The molecule has 1 saturated carbocycles. The lowest BCUT2D eigenvalue weighted by Gasteiger charge is -2.36. The van der Waals surface area contributed by atoms with Crippen LogP contribution in [0.2, 0.25) is 0 Å². The number of likely N-dealkylation sites (N-methyl/N-ethyl adjacent to an activating group) is 1. The molecule has 1 aromatic rings. The zero-order valence-electron chi connectivity index (χ0n) is 13.9. The van der Waals surface area contributed by atoms with E-state index in [1.54, 1.807) is 0 Å². The molecule has 1 aliphatic carbocycles. The number of rotatable bonds is 5. The van der Waals surface area contributed by atoms with E-state index in [9.17, 15) is 5.11 Å². The topological polar surface area (TPSA) is 26.7 Å². The average Bonchev–Trinajstić information content (AvgIpc) is 2.56. The maximum absolute atomic E-state index is 10.5. The smallest absolute Gasteiger partial charge is 0.0841 e. The Morgan fingerprint density at radius 3 is 2.77 bits per heavy atom. The molecule has 0 bridgehead atoms. The molecule has 1 heterocycles. The molecule has 0 unspecified atom stereocenters. The maximum Gasteiger partial charge on any atom is 0.0841 e. The van der Waals surface area contributed by atoms with Crippen molar-refractivity contribution in [2.75, 3.05) is 31.6 Å². The molecule has 3 nitrogen and oxygen atoms in total. The van der Waals surface area contributed by atoms with Crippen LogP contribution in [-0.2, 0) is 6.42 Å². The molecular formula is C19H30N2O. The minimum Gasteiger partial charge on any atom is -0.390 e. The summed E-state index contributed by atoms with van der Waals surface area (Å²) in [4.78, 5) is 4.76. The first-order valence-corrected chi connectivity index (χ1v) is 8.95. The van der Waals surface area contributed by atoms with Crippen molar-refractivity contribution in [3.63, 3.8) is 0 Å². The molecule has 3 heteroatoms. The Morgan fingerprint density at radius 1 is 1.18 bits per heavy atom. The Labute approximate surface area is 134 Å². The standard InChI is InChI=1S/C19H30N2O/c1-20(17-10-3-2-4-11-17)14-18(22)15-21-13-7-9-16-8-5-6-12-19(16)21/h5-6,8,12,17-18,22H,2-4,7,9-11,13-15H2,1H3/t18-/m1/s1. The van der Waals surface area contributed by atoms with Crippen molar-refractivity contribution in [2.24, 2.45) is 0 Å². The Balaban J connectivity index is 1.54. The number of nitrogens with zero attached hydrogens (tertiary/aromatic N) is 2. The SMILES string of the molecule is CN(C[C@@H](O)CN1CCCc2ccccc21)C1CCCCC1. The molecule has 0 spiro atoms. The second-order valence-corrected chi connectivity index (χ2v) is 7.06. The van der Waals surface area contributed by atoms with Crippen molar-refractivity contribution in [1.29, 1.82) is 0 Å². The van der Waals surface area contributed by atoms with E-state index in [0.29, 0.717) is 6.04 Å². The van der Waals surface area contributed by atoms with Gasteiger partial charge < -0.3 is 14.9 Å². The Morgan fingerprint density at radius 2 is 1.95 bits per heavy atom. The highest BCUT2D eigenvalue weighted by Crippen LogP contribution is 2.27. The van der Waals surface area contributed by atoms with Crippen LogP contribution in [0.5, 0.6) is 0 Å². The molecular weight excluding hydrogens is 272 g/mol. The van der Waals surface area contributed by atoms with Crippen molar-refractivity contribution in [1.82, 2.24) is 4.90 Å². The lowest BCUT2D eigenvalue weighted by atomic mass is 9.94. The first-order chi connectivity index (χ1) is 10.7. The van der Waals surface area contributed by atoms with Crippen LogP contribution in [0.1, 0.15) is 44.1 Å². The lowest BCUT2D eigenvalue weighted by molar-refractivity contribution is 0.0947. The van der Waals surface area contributed by atoms with Gasteiger partial charge in [0, 0.05) is 31.4 Å². The third-order valence-corrected chi connectivity index (χ3v) is 5.33. The highest BCUT2D eigenvalue weighted by atomic mass is 16.3. The van der Waals surface area contributed by atoms with E-state index >= 15 is 0 Å². The second kappa shape index (κ2) is 7.47. The zero-order chi connectivity index (χ0) is 15.4. The summed E-state index contributed by atoms with van der Waals surface area (Å²) in [6.45, 7) is 2.62. The van der Waals surface area contributed by atoms with E-state index in [1.807, 2.05) is 0 Å². The van der Waals surface area contributed by atoms with E-state index in [4.69, 9.17) is 0 Å². The summed E-state index contributed by atoms with van der Waals surface area (Å²) in [6.07, 6.45) is 8.79. The summed E-state index contributed by atoms with van der Waals surface area (Å²) in [5, 5.41) is 10.5. The molecule has 3 rings (SSSR count). The number of fused-ring (bicyclic) bond motifs is 1. The summed E-state index contributed by atoms with van der Waals surface area (Å²) in [6, 6.07) is 9.33. The van der Waals surface area contributed by atoms with Crippen LogP contribution in [-0.4, -0.2) is 48.8 Å². The highest BCUT2D eigenvalue weighted by molar-refractivity contribution is 5.55. The molecule has 22 heavy (non-hydrogen) atoms. The molecule has 1 aromatic carbocycles. The Kier molecular flexibility index (Phi) is 5.37. The fraction of sp³-hybridized carbons (Fsp3) is 0.684. The number of hydrogen-bond donors (Lipinski definition) is 1. The molecule has 122 valence electrons. The van der Waals surface area contributed by atoms with Crippen LogP contribution in [0.4, 0.5) is 5.69 Å². The van der Waals surface area contributed by atoms with E-state index in [0.717, 1.165) is 19.6 Å². The number of β-amino-alcohol motifs (C(OH)–C–C–N with tert-alkyl or cyclic N) is 1. The average molecular weight is 302 g/mol. The summed E-state index contributed by atoms with van der Waals surface area (Å²) in [5.41, 5.74) is 2.76. The lowest BCUT2D eigenvalue weighted by Crippen LogP contribution is -2.44. The van der Waals surface area contributed by atoms with Crippen LogP contribution < -0.4 is 4.90 Å². The van der Waals surface area contributed by atoms with Gasteiger partial charge in [0.25, 0.3) is 0 Å². The van der Waals surface area contributed by atoms with Crippen LogP contribution in [0.15, 0.2) is 24.3 Å². The number of aliphatic hydroxyl groups is 1. The van der Waals surface area contributed by atoms with Gasteiger partial charge in [-0.25, -0.2) is 0 Å². The molecule has 1 aliphatic heterocycles. The van der Waals surface area contributed by atoms with Gasteiger partial charge >= 0.3 is 0 Å². The molecule has 1 fully saturated rings. The van der Waals surface area contributed by atoms with Crippen molar-refractivity contribution >= 4 is 5.69 Å². The fourth-order valence-corrected chi connectivity index (χ4v) is 4.12. The van der Waals surface area contributed by atoms with Gasteiger partial charge in [0.05, 0.1) is 6.10 Å². The van der Waals surface area contributed by atoms with Crippen molar-refractivity contribution in [3.8, 4) is 0 Å². The van der Waals surface area contributed by atoms with Crippen LogP contribution in [0, 0.1) is 0 Å². The van der Waals surface area contributed by atoms with Crippen molar-refractivity contribution in [2.45, 2.75) is 57.1 Å². The number of anilines is 1. The molecule has 0 saturated heterocycles. The van der Waals surface area contributed by atoms with E-state index < -0.39 is 0 Å². The molecule has 0 aromatic heterocycles. The summed E-state index contributed by atoms with van der Waals surface area (Å²) >= 11 is 0. The number of para-hydroxylation sites is 1. The van der Waals surface area contributed by atoms with Crippen molar-refractivity contribution in [3.05, 3.63) is 29.8 Å². The number of benzene rings is 1. The summed E-state index contributed by atoms with van der Waals surface area (Å²) in [7, 11) is 2.18. The van der Waals surface area contributed by atoms with Crippen LogP contribution in [0.25, 0.3) is 0 Å². The van der Waals surface area contributed by atoms with Gasteiger partial charge in [0.2, 0.25) is 0 Å². The first-order valence-electron chi connectivity index (χ1n) is 8.95. The fourth-order valence-electron chi connectivity index (χ4n) is 4.12. The second-order valence-electron chi connectivity index (χ2n) is 7.06. The normalized spacial score (nSPS) is 21.0. The van der Waals surface area contributed by atoms with E-state index in [-0.39, 0.29) is 6.10 Å². The predicted octanol–water partition coefficient (Wildman–Crippen LogP) is 3.06. The van der Waals surface area contributed by atoms with E-state index in [2.05, 4.69) is 41.1 Å². The number of aryl methyl sites for hydroxylation is 1. The van der Waals surface area contributed by atoms with Gasteiger partial charge in [0.1, 0.15) is 0 Å². The predicted molar refractivity (Wildman–Crippen MR) is 92.5 cm³/mol. The molecule has 1 atom stereocenters. The third kappa shape index (κ3) is 3.82. The highest BCUT2D eigenvalue weighted by Gasteiger charge is 2.23. The quantitative estimate of drug-likeness (QED) is 0.905. The largest absolute Gasteiger partial charge is 0.390 e. The van der Waals surface area contributed by atoms with Crippen LogP contribution in [0.3, 0.4) is 0 Å². The monoisotopic (exact) mass is 302 g/mol. The molecule has 0 amide bonds. The molecule has 0 radical (unpaired) electrons. The van der Waals surface area contributed by atoms with Gasteiger partial charge in [-0.05, 0) is 44.4 Å². The first kappa shape index (κ1) is 15.8. The molecule has 2 aliphatic rings. The van der Waals surface area contributed by atoms with E-state index in [1.165, 1.54) is 56.2 Å². The number of hydrogen-bond acceptors (Lipinski definition) is 3. The van der Waals surface area contributed by atoms with Gasteiger partial charge in [-0.15, -0.1) is 0 Å². The Bertz CT molecular complexity index is 470. The number of aliphatic hydroxyl groups excluding tert-OH is 1. The third-order valence-electron chi connectivity index (χ3n) is 5.33. The zero-order valence-corrected chi connectivity index (χ0v) is 13.9. The minimum atomic E-state index is -0.266. The molecule has 1 N–H and O–H groups in total. The van der Waals surface area contributed by atoms with Crippen molar-refractivity contribution < 1.29 is 5.11 Å². The van der Waals surface area contributed by atoms with Crippen LogP contribution >= 0.6 is 0 Å². The Hall–Kier alpha value is -1.06. The minimum absolute atomic E-state index is 0.266. The van der Waals surface area contributed by atoms with Gasteiger partial charge in [-0.2, -0.15) is 0 Å². The van der Waals surface area contributed by atoms with Gasteiger partial charge in [0.15, 0.2) is 0 Å². The maximum atomic E-state index is 10.5. The van der Waals surface area contributed by atoms with Gasteiger partial charge in [-0.1, -0.05) is 37.5 Å². The van der Waals surface area contributed by atoms with Gasteiger partial charge in [-0.3, -0.25) is 0 Å².